The first-order valence-electron chi connectivity index (χ1n) is 8.58. The summed E-state index contributed by atoms with van der Waals surface area (Å²) in [7, 11) is 0. The summed E-state index contributed by atoms with van der Waals surface area (Å²) in [5.41, 5.74) is 2.64. The summed E-state index contributed by atoms with van der Waals surface area (Å²) in [5.74, 6) is 3.19. The minimum Gasteiger partial charge on any atom is -0.334 e. The van der Waals surface area contributed by atoms with Crippen LogP contribution >= 0.6 is 0 Å². The maximum atomic E-state index is 12.6. The minimum absolute atomic E-state index is 0.279. The molecular weight excluding hydrogens is 258 g/mol. The van der Waals surface area contributed by atoms with Gasteiger partial charge in [0, 0.05) is 18.7 Å². The first-order chi connectivity index (χ1) is 10.2. The lowest BCUT2D eigenvalue weighted by Gasteiger charge is -2.57. The van der Waals surface area contributed by atoms with E-state index in [0.29, 0.717) is 5.41 Å². The van der Waals surface area contributed by atoms with Gasteiger partial charge in [-0.3, -0.25) is 4.79 Å². The van der Waals surface area contributed by atoms with Gasteiger partial charge in [-0.1, -0.05) is 18.2 Å². The zero-order valence-corrected chi connectivity index (χ0v) is 12.6. The fourth-order valence-corrected chi connectivity index (χ4v) is 6.33. The average molecular weight is 281 g/mol. The zero-order valence-electron chi connectivity index (χ0n) is 12.6. The Hall–Kier alpha value is -1.31. The Kier molecular flexibility index (Phi) is 2.40. The van der Waals surface area contributed by atoms with E-state index in [1.807, 2.05) is 12.1 Å². The molecule has 110 valence electrons. The summed E-state index contributed by atoms with van der Waals surface area (Å²) >= 11 is 0. The molecule has 2 nitrogen and oxygen atoms in total. The first kappa shape index (κ1) is 12.3. The van der Waals surface area contributed by atoms with Crippen molar-refractivity contribution in [2.24, 2.45) is 23.2 Å². The molecule has 1 aromatic rings. The van der Waals surface area contributed by atoms with Crippen LogP contribution in [0.15, 0.2) is 24.3 Å². The lowest BCUT2D eigenvalue weighted by Crippen LogP contribution is -2.51. The molecule has 5 aliphatic rings. The van der Waals surface area contributed by atoms with Crippen molar-refractivity contribution in [1.29, 1.82) is 0 Å². The largest absolute Gasteiger partial charge is 0.334 e. The van der Waals surface area contributed by atoms with E-state index in [4.69, 9.17) is 0 Å². The molecular formula is C19H23NO. The van der Waals surface area contributed by atoms with Crippen LogP contribution < -0.4 is 0 Å². The molecule has 0 N–H and O–H groups in total. The van der Waals surface area contributed by atoms with Crippen LogP contribution in [0.4, 0.5) is 0 Å². The molecule has 21 heavy (non-hydrogen) atoms. The van der Waals surface area contributed by atoms with Gasteiger partial charge in [-0.2, -0.15) is 0 Å². The van der Waals surface area contributed by atoms with Gasteiger partial charge in [0.2, 0.25) is 0 Å². The number of carbonyl (C=O) groups is 1. The summed E-state index contributed by atoms with van der Waals surface area (Å²) in [5, 5.41) is 0. The molecule has 0 unspecified atom stereocenters. The minimum atomic E-state index is 0.279. The fourth-order valence-electron chi connectivity index (χ4n) is 6.33. The van der Waals surface area contributed by atoms with Crippen molar-refractivity contribution in [2.45, 2.75) is 45.1 Å². The number of amides is 1. The number of rotatable bonds is 2. The Morgan fingerprint density at radius 1 is 1.00 bits per heavy atom. The van der Waals surface area contributed by atoms with Gasteiger partial charge < -0.3 is 4.90 Å². The van der Waals surface area contributed by atoms with E-state index in [1.54, 1.807) is 0 Å². The maximum Gasteiger partial charge on any atom is 0.254 e. The molecule has 1 aliphatic heterocycles. The van der Waals surface area contributed by atoms with E-state index in [9.17, 15) is 4.79 Å². The Labute approximate surface area is 126 Å². The van der Waals surface area contributed by atoms with Crippen molar-refractivity contribution < 1.29 is 4.79 Å². The SMILES string of the molecule is O=C1c2ccccc2CN1CC12CC3CC(CC(C3)C1)C2. The first-order valence-corrected chi connectivity index (χ1v) is 8.58. The Bertz CT molecular complexity index is 570. The highest BCUT2D eigenvalue weighted by Gasteiger charge is 2.52. The topological polar surface area (TPSA) is 20.3 Å². The van der Waals surface area contributed by atoms with Gasteiger partial charge in [-0.15, -0.1) is 0 Å². The van der Waals surface area contributed by atoms with Crippen LogP contribution in [0.2, 0.25) is 0 Å². The van der Waals surface area contributed by atoms with Gasteiger partial charge in [0.05, 0.1) is 0 Å². The van der Waals surface area contributed by atoms with Crippen molar-refractivity contribution in [3.63, 3.8) is 0 Å². The summed E-state index contributed by atoms with van der Waals surface area (Å²) in [6, 6.07) is 8.16. The molecule has 0 spiro atoms. The molecule has 4 aliphatic carbocycles. The smallest absolute Gasteiger partial charge is 0.254 e. The quantitative estimate of drug-likeness (QED) is 0.806. The highest BCUT2D eigenvalue weighted by Crippen LogP contribution is 2.60. The maximum absolute atomic E-state index is 12.6. The molecule has 6 rings (SSSR count). The van der Waals surface area contributed by atoms with Crippen LogP contribution in [0.5, 0.6) is 0 Å². The van der Waals surface area contributed by atoms with Crippen molar-refractivity contribution in [1.82, 2.24) is 4.90 Å². The Morgan fingerprint density at radius 3 is 2.24 bits per heavy atom. The standard InChI is InChI=1S/C19H23NO/c21-18-17-4-2-1-3-16(17)11-20(18)12-19-8-13-5-14(9-19)7-15(6-13)10-19/h1-4,13-15H,5-12H2. The van der Waals surface area contributed by atoms with Crippen molar-refractivity contribution in [2.75, 3.05) is 6.54 Å². The number of fused-ring (bicyclic) bond motifs is 1. The second kappa shape index (κ2) is 4.12. The van der Waals surface area contributed by atoms with Gasteiger partial charge in [0.25, 0.3) is 5.91 Å². The second-order valence-electron chi connectivity index (χ2n) is 8.24. The molecule has 1 amide bonds. The van der Waals surface area contributed by atoms with E-state index in [1.165, 1.54) is 44.1 Å². The van der Waals surface area contributed by atoms with Crippen LogP contribution in [0.1, 0.15) is 54.4 Å². The predicted molar refractivity (Wildman–Crippen MR) is 81.8 cm³/mol. The average Bonchev–Trinajstić information content (AvgIpc) is 2.74. The molecule has 1 heterocycles. The second-order valence-corrected chi connectivity index (χ2v) is 8.24. The molecule has 4 bridgehead atoms. The van der Waals surface area contributed by atoms with Gasteiger partial charge >= 0.3 is 0 Å². The lowest BCUT2D eigenvalue weighted by molar-refractivity contribution is -0.0653. The highest BCUT2D eigenvalue weighted by atomic mass is 16.2. The summed E-state index contributed by atoms with van der Waals surface area (Å²) in [6.45, 7) is 1.86. The predicted octanol–water partition coefficient (Wildman–Crippen LogP) is 3.86. The number of nitrogens with zero attached hydrogens (tertiary/aromatic N) is 1. The van der Waals surface area contributed by atoms with E-state index in [0.717, 1.165) is 36.4 Å². The van der Waals surface area contributed by atoms with Crippen LogP contribution in [0.25, 0.3) is 0 Å². The van der Waals surface area contributed by atoms with Crippen molar-refractivity contribution in [3.05, 3.63) is 35.4 Å². The molecule has 0 saturated heterocycles. The molecule has 0 aromatic heterocycles. The van der Waals surface area contributed by atoms with Crippen molar-refractivity contribution >= 4 is 5.91 Å². The van der Waals surface area contributed by atoms with E-state index < -0.39 is 0 Å². The monoisotopic (exact) mass is 281 g/mol. The molecule has 0 radical (unpaired) electrons. The normalized spacial score (nSPS) is 39.9. The van der Waals surface area contributed by atoms with Gasteiger partial charge in [-0.05, 0) is 73.3 Å². The van der Waals surface area contributed by atoms with Crippen molar-refractivity contribution in [3.8, 4) is 0 Å². The zero-order chi connectivity index (χ0) is 14.0. The van der Waals surface area contributed by atoms with Crippen LogP contribution in [0.3, 0.4) is 0 Å². The van der Waals surface area contributed by atoms with Crippen LogP contribution in [-0.4, -0.2) is 17.4 Å². The Balaban J connectivity index is 1.40. The molecule has 0 atom stereocenters. The fraction of sp³-hybridized carbons (Fsp3) is 0.632. The number of carbonyl (C=O) groups excluding carboxylic acids is 1. The number of hydrogen-bond acceptors (Lipinski definition) is 1. The number of benzene rings is 1. The molecule has 4 fully saturated rings. The summed E-state index contributed by atoms with van der Waals surface area (Å²) < 4.78 is 0. The van der Waals surface area contributed by atoms with Crippen LogP contribution in [0, 0.1) is 23.2 Å². The van der Waals surface area contributed by atoms with E-state index in [2.05, 4.69) is 17.0 Å². The van der Waals surface area contributed by atoms with E-state index >= 15 is 0 Å². The third kappa shape index (κ3) is 1.81. The van der Waals surface area contributed by atoms with Gasteiger partial charge in [-0.25, -0.2) is 0 Å². The van der Waals surface area contributed by atoms with Gasteiger partial charge in [0.15, 0.2) is 0 Å². The highest BCUT2D eigenvalue weighted by molar-refractivity contribution is 5.98. The number of hydrogen-bond donors (Lipinski definition) is 0. The van der Waals surface area contributed by atoms with Crippen LogP contribution in [-0.2, 0) is 6.54 Å². The third-order valence-corrected chi connectivity index (χ3v) is 6.59. The third-order valence-electron chi connectivity index (χ3n) is 6.59. The molecule has 4 saturated carbocycles. The summed E-state index contributed by atoms with van der Waals surface area (Å²) in [4.78, 5) is 14.8. The summed E-state index contributed by atoms with van der Waals surface area (Å²) in [6.07, 6.45) is 8.60. The Morgan fingerprint density at radius 2 is 1.62 bits per heavy atom. The molecule has 2 heteroatoms. The van der Waals surface area contributed by atoms with Gasteiger partial charge in [0.1, 0.15) is 0 Å². The molecule has 1 aromatic carbocycles. The van der Waals surface area contributed by atoms with E-state index in [-0.39, 0.29) is 5.91 Å². The lowest BCUT2D eigenvalue weighted by atomic mass is 9.49.